The molecule has 0 amide bonds. The van der Waals surface area contributed by atoms with Crippen LogP contribution in [0, 0.1) is 6.92 Å². The first-order valence-corrected chi connectivity index (χ1v) is 7.90. The zero-order chi connectivity index (χ0) is 13.2. The molecule has 1 aromatic carbocycles. The Kier molecular flexibility index (Phi) is 3.87. The molecule has 1 aromatic heterocycles. The summed E-state index contributed by atoms with van der Waals surface area (Å²) in [6.45, 7) is 3.25. The van der Waals surface area contributed by atoms with Gasteiger partial charge < -0.3 is 5.32 Å². The molecule has 1 aliphatic heterocycles. The third kappa shape index (κ3) is 2.83. The first-order chi connectivity index (χ1) is 9.24. The molecule has 1 saturated heterocycles. The van der Waals surface area contributed by atoms with Crippen molar-refractivity contribution >= 4 is 22.9 Å². The summed E-state index contributed by atoms with van der Waals surface area (Å²) in [6.07, 6.45) is 3.77. The van der Waals surface area contributed by atoms with Crippen molar-refractivity contribution < 1.29 is 0 Å². The molecule has 0 radical (unpaired) electrons. The molecular formula is C15H17ClN2S. The fourth-order valence-corrected chi connectivity index (χ4v) is 3.78. The van der Waals surface area contributed by atoms with Crippen molar-refractivity contribution in [3.05, 3.63) is 39.2 Å². The summed E-state index contributed by atoms with van der Waals surface area (Å²) >= 11 is 7.87. The van der Waals surface area contributed by atoms with Gasteiger partial charge in [0.15, 0.2) is 0 Å². The highest BCUT2D eigenvalue weighted by molar-refractivity contribution is 7.12. The van der Waals surface area contributed by atoms with Crippen molar-refractivity contribution in [1.82, 2.24) is 10.3 Å². The van der Waals surface area contributed by atoms with Gasteiger partial charge in [0.1, 0.15) is 5.01 Å². The third-order valence-corrected chi connectivity index (χ3v) is 4.84. The number of benzene rings is 1. The van der Waals surface area contributed by atoms with Crippen LogP contribution in [0.25, 0.3) is 11.3 Å². The van der Waals surface area contributed by atoms with E-state index in [-0.39, 0.29) is 0 Å². The molecule has 4 heteroatoms. The third-order valence-electron chi connectivity index (χ3n) is 3.52. The minimum absolute atomic E-state index is 0.436. The molecule has 0 spiro atoms. The van der Waals surface area contributed by atoms with E-state index < -0.39 is 0 Å². The maximum absolute atomic E-state index is 6.07. The van der Waals surface area contributed by atoms with Crippen LogP contribution in [0.1, 0.15) is 35.2 Å². The van der Waals surface area contributed by atoms with Crippen LogP contribution in [0.5, 0.6) is 0 Å². The number of halogens is 1. The highest BCUT2D eigenvalue weighted by Crippen LogP contribution is 2.33. The Hall–Kier alpha value is -0.900. The van der Waals surface area contributed by atoms with Crippen LogP contribution < -0.4 is 5.32 Å². The lowest BCUT2D eigenvalue weighted by Gasteiger charge is -2.21. The van der Waals surface area contributed by atoms with E-state index in [0.29, 0.717) is 6.04 Å². The molecule has 1 N–H and O–H groups in total. The number of nitrogens with one attached hydrogen (secondary N) is 1. The molecule has 2 nitrogen and oxygen atoms in total. The molecule has 0 aliphatic carbocycles. The predicted molar refractivity (Wildman–Crippen MR) is 81.9 cm³/mol. The summed E-state index contributed by atoms with van der Waals surface area (Å²) in [5.74, 6) is 0. The Labute approximate surface area is 122 Å². The zero-order valence-electron chi connectivity index (χ0n) is 10.9. The number of hydrogen-bond acceptors (Lipinski definition) is 3. The molecule has 1 atom stereocenters. The number of rotatable bonds is 2. The van der Waals surface area contributed by atoms with Crippen molar-refractivity contribution in [1.29, 1.82) is 0 Å². The Morgan fingerprint density at radius 3 is 3.00 bits per heavy atom. The van der Waals surface area contributed by atoms with E-state index in [1.54, 1.807) is 11.3 Å². The van der Waals surface area contributed by atoms with E-state index in [2.05, 4.69) is 18.3 Å². The minimum atomic E-state index is 0.436. The lowest BCUT2D eigenvalue weighted by molar-refractivity contribution is 0.411. The van der Waals surface area contributed by atoms with Crippen molar-refractivity contribution in [3.63, 3.8) is 0 Å². The van der Waals surface area contributed by atoms with Crippen LogP contribution >= 0.6 is 22.9 Å². The average Bonchev–Trinajstić information content (AvgIpc) is 2.82. The van der Waals surface area contributed by atoms with Gasteiger partial charge >= 0.3 is 0 Å². The molecular weight excluding hydrogens is 276 g/mol. The fraction of sp³-hybridized carbons (Fsp3) is 0.400. The molecule has 1 fully saturated rings. The maximum Gasteiger partial charge on any atom is 0.111 e. The van der Waals surface area contributed by atoms with Gasteiger partial charge in [-0.3, -0.25) is 0 Å². The number of piperidine rings is 1. The smallest absolute Gasteiger partial charge is 0.111 e. The number of thiazole rings is 1. The Morgan fingerprint density at radius 1 is 1.37 bits per heavy atom. The lowest BCUT2D eigenvalue weighted by Crippen LogP contribution is -2.26. The van der Waals surface area contributed by atoms with Gasteiger partial charge in [-0.2, -0.15) is 0 Å². The Bertz CT molecular complexity index is 573. The van der Waals surface area contributed by atoms with Gasteiger partial charge in [0.05, 0.1) is 11.7 Å². The summed E-state index contributed by atoms with van der Waals surface area (Å²) < 4.78 is 0. The molecule has 3 rings (SSSR count). The second-order valence-electron chi connectivity index (χ2n) is 4.97. The second-order valence-corrected chi connectivity index (χ2v) is 6.64. The summed E-state index contributed by atoms with van der Waals surface area (Å²) in [4.78, 5) is 6.11. The second kappa shape index (κ2) is 5.61. The van der Waals surface area contributed by atoms with Crippen molar-refractivity contribution in [2.75, 3.05) is 6.54 Å². The van der Waals surface area contributed by atoms with E-state index >= 15 is 0 Å². The summed E-state index contributed by atoms with van der Waals surface area (Å²) in [6, 6.07) is 8.38. The molecule has 0 bridgehead atoms. The van der Waals surface area contributed by atoms with Crippen LogP contribution in [-0.2, 0) is 0 Å². The van der Waals surface area contributed by atoms with Gasteiger partial charge in [0, 0.05) is 15.5 Å². The van der Waals surface area contributed by atoms with E-state index in [9.17, 15) is 0 Å². The first kappa shape index (κ1) is 13.1. The van der Waals surface area contributed by atoms with Gasteiger partial charge in [-0.05, 0) is 38.4 Å². The molecule has 0 saturated carbocycles. The normalized spacial score (nSPS) is 19.6. The number of aromatic nitrogens is 1. The van der Waals surface area contributed by atoms with Gasteiger partial charge in [-0.1, -0.05) is 30.2 Å². The van der Waals surface area contributed by atoms with Crippen LogP contribution in [0.15, 0.2) is 24.3 Å². The maximum atomic E-state index is 6.07. The zero-order valence-corrected chi connectivity index (χ0v) is 12.5. The van der Waals surface area contributed by atoms with Crippen molar-refractivity contribution in [2.24, 2.45) is 0 Å². The van der Waals surface area contributed by atoms with E-state index in [1.807, 2.05) is 18.2 Å². The van der Waals surface area contributed by atoms with Gasteiger partial charge in [-0.15, -0.1) is 11.3 Å². The molecule has 2 aromatic rings. The first-order valence-electron chi connectivity index (χ1n) is 6.70. The predicted octanol–water partition coefficient (Wildman–Crippen LogP) is 4.59. The highest BCUT2D eigenvalue weighted by Gasteiger charge is 2.20. The molecule has 1 unspecified atom stereocenters. The number of aryl methyl sites for hydroxylation is 1. The van der Waals surface area contributed by atoms with Crippen LogP contribution in [-0.4, -0.2) is 11.5 Å². The quantitative estimate of drug-likeness (QED) is 0.876. The van der Waals surface area contributed by atoms with Crippen molar-refractivity contribution in [2.45, 2.75) is 32.2 Å². The average molecular weight is 293 g/mol. The molecule has 100 valence electrons. The lowest BCUT2D eigenvalue weighted by atomic mass is 10.1. The molecule has 1 aliphatic rings. The number of nitrogens with zero attached hydrogens (tertiary/aromatic N) is 1. The molecule has 2 heterocycles. The summed E-state index contributed by atoms with van der Waals surface area (Å²) in [5.41, 5.74) is 2.19. The Balaban J connectivity index is 1.92. The van der Waals surface area contributed by atoms with Gasteiger partial charge in [-0.25, -0.2) is 4.98 Å². The van der Waals surface area contributed by atoms with E-state index in [4.69, 9.17) is 16.6 Å². The van der Waals surface area contributed by atoms with Crippen LogP contribution in [0.2, 0.25) is 5.02 Å². The highest BCUT2D eigenvalue weighted by atomic mass is 35.5. The van der Waals surface area contributed by atoms with Crippen molar-refractivity contribution in [3.8, 4) is 11.3 Å². The SMILES string of the molecule is Cc1sc(C2CCCCN2)nc1-c1cccc(Cl)c1. The van der Waals surface area contributed by atoms with Gasteiger partial charge in [0.2, 0.25) is 0 Å². The van der Waals surface area contributed by atoms with E-state index in [0.717, 1.165) is 22.8 Å². The summed E-state index contributed by atoms with van der Waals surface area (Å²) in [5, 5.41) is 5.54. The minimum Gasteiger partial charge on any atom is -0.308 e. The topological polar surface area (TPSA) is 24.9 Å². The standard InChI is InChI=1S/C15H17ClN2S/c1-10-14(11-5-4-6-12(16)9-11)18-15(19-10)13-7-2-3-8-17-13/h4-6,9,13,17H,2-3,7-8H2,1H3. The fourth-order valence-electron chi connectivity index (χ4n) is 2.53. The van der Waals surface area contributed by atoms with Crippen LogP contribution in [0.3, 0.4) is 0 Å². The Morgan fingerprint density at radius 2 is 2.26 bits per heavy atom. The van der Waals surface area contributed by atoms with Crippen LogP contribution in [0.4, 0.5) is 0 Å². The number of hydrogen-bond donors (Lipinski definition) is 1. The van der Waals surface area contributed by atoms with E-state index in [1.165, 1.54) is 29.1 Å². The monoisotopic (exact) mass is 292 g/mol. The molecule has 19 heavy (non-hydrogen) atoms. The summed E-state index contributed by atoms with van der Waals surface area (Å²) in [7, 11) is 0. The van der Waals surface area contributed by atoms with Gasteiger partial charge in [0.25, 0.3) is 0 Å². The largest absolute Gasteiger partial charge is 0.308 e.